The maximum Gasteiger partial charge on any atom is 0.315 e. The Morgan fingerprint density at radius 2 is 2.39 bits per heavy atom. The van der Waals surface area contributed by atoms with Gasteiger partial charge in [0.15, 0.2) is 0 Å². The maximum atomic E-state index is 5.54. The van der Waals surface area contributed by atoms with E-state index in [1.807, 2.05) is 0 Å². The number of rotatable bonds is 4. The monoisotopic (exact) mass is 265 g/mol. The van der Waals surface area contributed by atoms with E-state index in [4.69, 9.17) is 9.15 Å². The van der Waals surface area contributed by atoms with Crippen molar-refractivity contribution in [2.45, 2.75) is 32.4 Å². The largest absolute Gasteiger partial charge is 0.405 e. The van der Waals surface area contributed by atoms with Gasteiger partial charge in [-0.15, -0.1) is 16.4 Å². The summed E-state index contributed by atoms with van der Waals surface area (Å²) in [5.74, 6) is 0.581. The maximum absolute atomic E-state index is 5.54. The lowest BCUT2D eigenvalue weighted by molar-refractivity contribution is 0.0897. The number of aryl methyl sites for hydroxylation is 1. The zero-order valence-corrected chi connectivity index (χ0v) is 11.0. The smallest absolute Gasteiger partial charge is 0.315 e. The van der Waals surface area contributed by atoms with E-state index < -0.39 is 0 Å². The average Bonchev–Trinajstić information content (AvgIpc) is 3.07. The van der Waals surface area contributed by atoms with Gasteiger partial charge in [-0.3, -0.25) is 0 Å². The first-order chi connectivity index (χ1) is 8.81. The van der Waals surface area contributed by atoms with E-state index in [0.717, 1.165) is 19.4 Å². The molecule has 0 spiro atoms. The molecule has 0 bridgehead atoms. The first-order valence-corrected chi connectivity index (χ1v) is 6.87. The van der Waals surface area contributed by atoms with Crippen LogP contribution < -0.4 is 5.32 Å². The van der Waals surface area contributed by atoms with Gasteiger partial charge in [0.2, 0.25) is 5.89 Å². The SMILES string of the molecule is Cc1ccc(CNc2nnc([C@H]3CCCO3)o2)s1. The molecule has 2 aromatic heterocycles. The zero-order chi connectivity index (χ0) is 12.4. The molecule has 1 saturated heterocycles. The molecular weight excluding hydrogens is 250 g/mol. The summed E-state index contributed by atoms with van der Waals surface area (Å²) in [5, 5.41) is 11.1. The van der Waals surface area contributed by atoms with Gasteiger partial charge in [-0.05, 0) is 31.9 Å². The van der Waals surface area contributed by atoms with E-state index >= 15 is 0 Å². The molecule has 1 N–H and O–H groups in total. The quantitative estimate of drug-likeness (QED) is 0.921. The van der Waals surface area contributed by atoms with Crippen molar-refractivity contribution in [3.63, 3.8) is 0 Å². The van der Waals surface area contributed by atoms with Gasteiger partial charge in [-0.25, -0.2) is 0 Å². The Balaban J connectivity index is 1.59. The highest BCUT2D eigenvalue weighted by Gasteiger charge is 2.23. The van der Waals surface area contributed by atoms with Crippen LogP contribution >= 0.6 is 11.3 Å². The number of nitrogens with one attached hydrogen (secondary N) is 1. The molecule has 18 heavy (non-hydrogen) atoms. The number of hydrogen-bond acceptors (Lipinski definition) is 6. The zero-order valence-electron chi connectivity index (χ0n) is 10.2. The van der Waals surface area contributed by atoms with Gasteiger partial charge in [0.25, 0.3) is 0 Å². The van der Waals surface area contributed by atoms with Crippen molar-refractivity contribution in [2.24, 2.45) is 0 Å². The highest BCUT2D eigenvalue weighted by atomic mass is 32.1. The minimum absolute atomic E-state index is 0.0166. The van der Waals surface area contributed by atoms with Crippen molar-refractivity contribution >= 4 is 17.4 Å². The second-order valence-corrected chi connectivity index (χ2v) is 5.69. The molecule has 2 aromatic rings. The van der Waals surface area contributed by atoms with E-state index in [1.54, 1.807) is 11.3 Å². The predicted octanol–water partition coefficient (Wildman–Crippen LogP) is 2.90. The summed E-state index contributed by atoms with van der Waals surface area (Å²) in [6, 6.07) is 4.67. The molecule has 5 nitrogen and oxygen atoms in total. The van der Waals surface area contributed by atoms with Crippen molar-refractivity contribution in [3.05, 3.63) is 27.8 Å². The molecular formula is C12H15N3O2S. The molecule has 0 aromatic carbocycles. The van der Waals surface area contributed by atoms with Crippen molar-refractivity contribution in [1.29, 1.82) is 0 Å². The van der Waals surface area contributed by atoms with Gasteiger partial charge in [0.05, 0.1) is 6.54 Å². The third-order valence-electron chi connectivity index (χ3n) is 2.86. The lowest BCUT2D eigenvalue weighted by Crippen LogP contribution is -1.97. The van der Waals surface area contributed by atoms with Gasteiger partial charge >= 0.3 is 6.01 Å². The normalized spacial score (nSPS) is 19.3. The molecule has 0 saturated carbocycles. The molecule has 1 fully saturated rings. The van der Waals surface area contributed by atoms with Crippen LogP contribution in [-0.4, -0.2) is 16.8 Å². The predicted molar refractivity (Wildman–Crippen MR) is 68.6 cm³/mol. The fraction of sp³-hybridized carbons (Fsp3) is 0.500. The number of ether oxygens (including phenoxy) is 1. The lowest BCUT2D eigenvalue weighted by Gasteiger charge is -2.02. The van der Waals surface area contributed by atoms with Crippen molar-refractivity contribution in [3.8, 4) is 0 Å². The van der Waals surface area contributed by atoms with Crippen LogP contribution in [0.4, 0.5) is 6.01 Å². The Morgan fingerprint density at radius 3 is 3.11 bits per heavy atom. The number of nitrogens with zero attached hydrogens (tertiary/aromatic N) is 2. The topological polar surface area (TPSA) is 60.2 Å². The van der Waals surface area contributed by atoms with E-state index in [0.29, 0.717) is 18.5 Å². The highest BCUT2D eigenvalue weighted by molar-refractivity contribution is 7.11. The van der Waals surface area contributed by atoms with Gasteiger partial charge < -0.3 is 14.5 Å². The summed E-state index contributed by atoms with van der Waals surface area (Å²) in [4.78, 5) is 2.56. The average molecular weight is 265 g/mol. The Labute approximate surface area is 109 Å². The Kier molecular flexibility index (Phi) is 3.29. The third-order valence-corrected chi connectivity index (χ3v) is 3.86. The van der Waals surface area contributed by atoms with Gasteiger partial charge in [-0.1, -0.05) is 5.10 Å². The summed E-state index contributed by atoms with van der Waals surface area (Å²) in [5.41, 5.74) is 0. The molecule has 1 aliphatic heterocycles. The van der Waals surface area contributed by atoms with Crippen LogP contribution in [0.15, 0.2) is 16.5 Å². The minimum Gasteiger partial charge on any atom is -0.405 e. The second-order valence-electron chi connectivity index (χ2n) is 4.31. The van der Waals surface area contributed by atoms with Crippen molar-refractivity contribution in [1.82, 2.24) is 10.2 Å². The molecule has 0 aliphatic carbocycles. The molecule has 3 heterocycles. The first kappa shape index (κ1) is 11.7. The highest BCUT2D eigenvalue weighted by Crippen LogP contribution is 2.28. The molecule has 0 unspecified atom stereocenters. The summed E-state index contributed by atoms with van der Waals surface area (Å²) in [6.45, 7) is 3.59. The number of hydrogen-bond donors (Lipinski definition) is 1. The minimum atomic E-state index is -0.0166. The standard InChI is InChI=1S/C12H15N3O2S/c1-8-4-5-9(18-8)7-13-12-15-14-11(17-12)10-3-2-6-16-10/h4-5,10H,2-3,6-7H2,1H3,(H,13,15)/t10-/m1/s1. The van der Waals surface area contributed by atoms with Crippen LogP contribution in [0.5, 0.6) is 0 Å². The summed E-state index contributed by atoms with van der Waals surface area (Å²) < 4.78 is 11.0. The molecule has 0 radical (unpaired) electrons. The molecule has 1 atom stereocenters. The van der Waals surface area contributed by atoms with Gasteiger partial charge in [-0.2, -0.15) is 0 Å². The molecule has 0 amide bonds. The Hall–Kier alpha value is -1.40. The number of thiophene rings is 1. The van der Waals surface area contributed by atoms with E-state index in [-0.39, 0.29) is 6.10 Å². The lowest BCUT2D eigenvalue weighted by atomic mass is 10.2. The molecule has 1 aliphatic rings. The van der Waals surface area contributed by atoms with Crippen molar-refractivity contribution < 1.29 is 9.15 Å². The third kappa shape index (κ3) is 2.54. The Bertz CT molecular complexity index is 517. The van der Waals surface area contributed by atoms with E-state index in [9.17, 15) is 0 Å². The number of anilines is 1. The van der Waals surface area contributed by atoms with Crippen LogP contribution in [0, 0.1) is 6.92 Å². The fourth-order valence-electron chi connectivity index (χ4n) is 1.95. The van der Waals surface area contributed by atoms with Crippen LogP contribution in [0.3, 0.4) is 0 Å². The van der Waals surface area contributed by atoms with Gasteiger partial charge in [0, 0.05) is 16.4 Å². The van der Waals surface area contributed by atoms with E-state index in [1.165, 1.54) is 9.75 Å². The fourth-order valence-corrected chi connectivity index (χ4v) is 2.78. The molecule has 6 heteroatoms. The van der Waals surface area contributed by atoms with Crippen LogP contribution in [0.25, 0.3) is 0 Å². The van der Waals surface area contributed by atoms with Crippen LogP contribution in [0.1, 0.15) is 34.6 Å². The number of aromatic nitrogens is 2. The Morgan fingerprint density at radius 1 is 1.44 bits per heavy atom. The van der Waals surface area contributed by atoms with Crippen molar-refractivity contribution in [2.75, 3.05) is 11.9 Å². The summed E-state index contributed by atoms with van der Waals surface area (Å²) in [6.07, 6.45) is 2.01. The summed E-state index contributed by atoms with van der Waals surface area (Å²) >= 11 is 1.76. The van der Waals surface area contributed by atoms with Gasteiger partial charge in [0.1, 0.15) is 6.10 Å². The van der Waals surface area contributed by atoms with Crippen LogP contribution in [-0.2, 0) is 11.3 Å². The first-order valence-electron chi connectivity index (χ1n) is 6.05. The van der Waals surface area contributed by atoms with Crippen LogP contribution in [0.2, 0.25) is 0 Å². The molecule has 96 valence electrons. The van der Waals surface area contributed by atoms with E-state index in [2.05, 4.69) is 34.6 Å². The summed E-state index contributed by atoms with van der Waals surface area (Å²) in [7, 11) is 0. The second kappa shape index (κ2) is 5.07. The molecule has 3 rings (SSSR count).